The molecule has 14 atom stereocenters. The van der Waals surface area contributed by atoms with Gasteiger partial charge in [-0.05, 0) is 147 Å². The zero-order valence-corrected chi connectivity index (χ0v) is 34.5. The van der Waals surface area contributed by atoms with Crippen molar-refractivity contribution in [2.45, 2.75) is 163 Å². The van der Waals surface area contributed by atoms with Crippen molar-refractivity contribution in [3.8, 4) is 0 Å². The van der Waals surface area contributed by atoms with Gasteiger partial charge in [-0.25, -0.2) is 0 Å². The van der Waals surface area contributed by atoms with E-state index >= 15 is 0 Å². The SMILES string of the molecule is CC1CC2=CC(=O)CCC2(C)C2CCC3(C)C(OC(=O)CCNC(=O)CCC(=O)OC4CCC5C6C(C)CC7=CC(=O)CCC7(C)C6CCC45C)CCC3C12. The first-order valence-electron chi connectivity index (χ1n) is 22.2. The molecule has 55 heavy (non-hydrogen) atoms. The third-order valence-electron chi connectivity index (χ3n) is 18.2. The Morgan fingerprint density at radius 1 is 0.618 bits per heavy atom. The molecule has 6 fully saturated rings. The molecule has 0 aromatic carbocycles. The Hall–Kier alpha value is -2.77. The van der Waals surface area contributed by atoms with Crippen LogP contribution in [0.3, 0.4) is 0 Å². The minimum Gasteiger partial charge on any atom is -0.462 e. The van der Waals surface area contributed by atoms with Crippen LogP contribution < -0.4 is 5.32 Å². The molecule has 0 aliphatic heterocycles. The molecule has 14 unspecified atom stereocenters. The summed E-state index contributed by atoms with van der Waals surface area (Å²) in [7, 11) is 0. The number of ether oxygens (including phenoxy) is 2. The fourth-order valence-corrected chi connectivity index (χ4v) is 15.1. The molecule has 0 bridgehead atoms. The third kappa shape index (κ3) is 6.50. The number of fused-ring (bicyclic) bond motifs is 10. The molecule has 8 aliphatic rings. The molecule has 0 saturated heterocycles. The molecule has 8 nitrogen and oxygen atoms in total. The molecule has 0 spiro atoms. The van der Waals surface area contributed by atoms with Crippen LogP contribution in [0, 0.1) is 69.0 Å². The van der Waals surface area contributed by atoms with Crippen LogP contribution >= 0.6 is 0 Å². The first kappa shape index (κ1) is 39.1. The zero-order chi connectivity index (χ0) is 39.1. The molecule has 0 aromatic rings. The quantitative estimate of drug-likeness (QED) is 0.247. The Labute approximate surface area is 329 Å². The molecule has 0 aromatic heterocycles. The van der Waals surface area contributed by atoms with Gasteiger partial charge in [-0.1, -0.05) is 52.7 Å². The Morgan fingerprint density at radius 2 is 1.07 bits per heavy atom. The number of ketones is 2. The van der Waals surface area contributed by atoms with Gasteiger partial charge in [-0.15, -0.1) is 0 Å². The van der Waals surface area contributed by atoms with E-state index in [-0.39, 0.29) is 89.1 Å². The zero-order valence-electron chi connectivity index (χ0n) is 34.5. The number of hydrogen-bond acceptors (Lipinski definition) is 7. The van der Waals surface area contributed by atoms with Crippen molar-refractivity contribution in [1.29, 1.82) is 0 Å². The van der Waals surface area contributed by atoms with Gasteiger partial charge in [-0.2, -0.15) is 0 Å². The summed E-state index contributed by atoms with van der Waals surface area (Å²) in [6.07, 6.45) is 17.3. The smallest absolute Gasteiger partial charge is 0.307 e. The number of nitrogens with one attached hydrogen (secondary N) is 1. The first-order chi connectivity index (χ1) is 26.1. The number of carbonyl (C=O) groups is 5. The normalized spacial score (nSPS) is 45.7. The second-order valence-corrected chi connectivity index (χ2v) is 20.9. The van der Waals surface area contributed by atoms with Crippen molar-refractivity contribution >= 4 is 29.4 Å². The molecule has 0 radical (unpaired) electrons. The van der Waals surface area contributed by atoms with E-state index in [0.29, 0.717) is 60.2 Å². The van der Waals surface area contributed by atoms with Gasteiger partial charge in [0.15, 0.2) is 11.6 Å². The minimum absolute atomic E-state index is 0.0330. The van der Waals surface area contributed by atoms with Crippen LogP contribution in [0.15, 0.2) is 23.3 Å². The molecule has 8 aliphatic carbocycles. The van der Waals surface area contributed by atoms with Crippen molar-refractivity contribution in [2.24, 2.45) is 69.0 Å². The summed E-state index contributed by atoms with van der Waals surface area (Å²) in [4.78, 5) is 63.6. The summed E-state index contributed by atoms with van der Waals surface area (Å²) < 4.78 is 12.4. The van der Waals surface area contributed by atoms with Crippen LogP contribution in [0.4, 0.5) is 0 Å². The molecule has 1 amide bonds. The third-order valence-corrected chi connectivity index (χ3v) is 18.2. The van der Waals surface area contributed by atoms with E-state index in [0.717, 1.165) is 77.0 Å². The van der Waals surface area contributed by atoms with Gasteiger partial charge in [0.25, 0.3) is 0 Å². The van der Waals surface area contributed by atoms with E-state index in [1.54, 1.807) is 0 Å². The predicted molar refractivity (Wildman–Crippen MR) is 209 cm³/mol. The van der Waals surface area contributed by atoms with E-state index in [2.05, 4.69) is 46.9 Å². The highest BCUT2D eigenvalue weighted by Crippen LogP contribution is 2.68. The first-order valence-corrected chi connectivity index (χ1v) is 22.2. The van der Waals surface area contributed by atoms with Crippen molar-refractivity contribution in [3.05, 3.63) is 23.3 Å². The topological polar surface area (TPSA) is 116 Å². The van der Waals surface area contributed by atoms with E-state index in [9.17, 15) is 24.0 Å². The van der Waals surface area contributed by atoms with Crippen molar-refractivity contribution in [2.75, 3.05) is 6.54 Å². The molecule has 8 heteroatoms. The minimum atomic E-state index is -0.313. The highest BCUT2D eigenvalue weighted by atomic mass is 16.5. The summed E-state index contributed by atoms with van der Waals surface area (Å²) >= 11 is 0. The number of allylic oxidation sites excluding steroid dienone is 2. The van der Waals surface area contributed by atoms with Crippen molar-refractivity contribution in [1.82, 2.24) is 5.32 Å². The lowest BCUT2D eigenvalue weighted by atomic mass is 9.45. The lowest BCUT2D eigenvalue weighted by Gasteiger charge is -2.59. The van der Waals surface area contributed by atoms with Gasteiger partial charge < -0.3 is 14.8 Å². The van der Waals surface area contributed by atoms with Crippen LogP contribution in [0.25, 0.3) is 0 Å². The fraction of sp³-hybridized carbons (Fsp3) is 0.809. The van der Waals surface area contributed by atoms with Crippen LogP contribution in [-0.2, 0) is 33.4 Å². The number of rotatable bonds is 8. The highest BCUT2D eigenvalue weighted by molar-refractivity contribution is 5.92. The van der Waals surface area contributed by atoms with Gasteiger partial charge >= 0.3 is 11.9 Å². The van der Waals surface area contributed by atoms with E-state index < -0.39 is 0 Å². The average Bonchev–Trinajstić information content (AvgIpc) is 3.64. The van der Waals surface area contributed by atoms with E-state index in [4.69, 9.17) is 9.47 Å². The van der Waals surface area contributed by atoms with Gasteiger partial charge in [0, 0.05) is 36.6 Å². The second kappa shape index (κ2) is 14.3. The second-order valence-electron chi connectivity index (χ2n) is 20.9. The number of hydrogen-bond donors (Lipinski definition) is 1. The maximum absolute atomic E-state index is 13.1. The Morgan fingerprint density at radius 3 is 1.55 bits per heavy atom. The lowest BCUT2D eigenvalue weighted by molar-refractivity contribution is -0.162. The molecule has 6 saturated carbocycles. The Balaban J connectivity index is 0.781. The van der Waals surface area contributed by atoms with Gasteiger partial charge in [-0.3, -0.25) is 24.0 Å². The van der Waals surface area contributed by atoms with Gasteiger partial charge in [0.2, 0.25) is 5.91 Å². The van der Waals surface area contributed by atoms with Gasteiger partial charge in [0.05, 0.1) is 12.8 Å². The maximum Gasteiger partial charge on any atom is 0.307 e. The summed E-state index contributed by atoms with van der Waals surface area (Å²) in [5, 5.41) is 2.85. The average molecular weight is 758 g/mol. The van der Waals surface area contributed by atoms with Crippen molar-refractivity contribution in [3.63, 3.8) is 0 Å². The molecule has 1 N–H and O–H groups in total. The summed E-state index contributed by atoms with van der Waals surface area (Å²) in [6, 6.07) is 0. The van der Waals surface area contributed by atoms with Crippen LogP contribution in [-0.4, -0.2) is 48.2 Å². The van der Waals surface area contributed by atoms with E-state index in [1.165, 1.54) is 11.1 Å². The summed E-state index contributed by atoms with van der Waals surface area (Å²) in [6.45, 7) is 14.4. The number of amides is 1. The monoisotopic (exact) mass is 757 g/mol. The van der Waals surface area contributed by atoms with Crippen LogP contribution in [0.1, 0.15) is 151 Å². The number of esters is 2. The van der Waals surface area contributed by atoms with Gasteiger partial charge in [0.1, 0.15) is 12.2 Å². The summed E-state index contributed by atoms with van der Waals surface area (Å²) in [5.41, 5.74) is 2.86. The molecule has 0 heterocycles. The maximum atomic E-state index is 13.1. The lowest BCUT2D eigenvalue weighted by Crippen LogP contribution is -2.54. The predicted octanol–water partition coefficient (Wildman–Crippen LogP) is 8.65. The summed E-state index contributed by atoms with van der Waals surface area (Å²) in [5.74, 6) is 4.09. The molecular weight excluding hydrogens is 691 g/mol. The van der Waals surface area contributed by atoms with E-state index in [1.807, 2.05) is 12.2 Å². The molecule has 8 rings (SSSR count). The fourth-order valence-electron chi connectivity index (χ4n) is 15.1. The highest BCUT2D eigenvalue weighted by Gasteiger charge is 2.63. The largest absolute Gasteiger partial charge is 0.462 e. The van der Waals surface area contributed by atoms with Crippen LogP contribution in [0.2, 0.25) is 0 Å². The van der Waals surface area contributed by atoms with Crippen LogP contribution in [0.5, 0.6) is 0 Å². The standard InChI is InChI=1S/C47H67NO7/c1-27-23-29-25-31(49)13-18-44(29,3)35-15-20-46(5)33(42(27)35)7-9-37(46)54-40(52)12-11-39(51)48-22-17-41(53)55-38-10-8-34-43-28(2)24-30-26-32(50)14-19-45(30,4)36(43)16-21-47(34,38)6/h25-28,33-38,42-43H,7-24H2,1-6H3,(H,48,51). The molecular formula is C47H67NO7. The number of carbonyl (C=O) groups excluding carboxylic acids is 5. The Kier molecular flexibility index (Phi) is 10.1. The van der Waals surface area contributed by atoms with Crippen molar-refractivity contribution < 1.29 is 33.4 Å². The Bertz CT molecular complexity index is 1680. The molecule has 302 valence electrons.